The third-order valence-corrected chi connectivity index (χ3v) is 4.86. The van der Waals surface area contributed by atoms with E-state index in [0.29, 0.717) is 0 Å². The lowest BCUT2D eigenvalue weighted by molar-refractivity contribution is 0.397. The van der Waals surface area contributed by atoms with Gasteiger partial charge in [0.25, 0.3) is 0 Å². The number of nitrogens with one attached hydrogen (secondary N) is 1. The number of benzene rings is 1. The highest BCUT2D eigenvalue weighted by Gasteiger charge is 2.18. The zero-order chi connectivity index (χ0) is 17.1. The van der Waals surface area contributed by atoms with E-state index in [1.54, 1.807) is 6.07 Å². The molecule has 0 unspecified atom stereocenters. The second-order valence-corrected chi connectivity index (χ2v) is 8.43. The predicted molar refractivity (Wildman–Crippen MR) is 78.1 cm³/mol. The quantitative estimate of drug-likeness (QED) is 0.750. The summed E-state index contributed by atoms with van der Waals surface area (Å²) in [6, 6.07) is 5.56. The highest BCUT2D eigenvalue weighted by atomic mass is 32.2. The second kappa shape index (κ2) is 6.72. The Kier molecular flexibility index (Phi) is 5.12. The molecular formula is C12H14FN3O5S2. The van der Waals surface area contributed by atoms with Crippen molar-refractivity contribution in [1.29, 1.82) is 0 Å². The van der Waals surface area contributed by atoms with E-state index in [4.69, 9.17) is 4.42 Å². The lowest BCUT2D eigenvalue weighted by Crippen LogP contribution is -2.27. The van der Waals surface area contributed by atoms with Crippen LogP contribution in [0.1, 0.15) is 11.5 Å². The average Bonchev–Trinajstić information content (AvgIpc) is 2.90. The normalized spacial score (nSPS) is 12.4. The Balaban J connectivity index is 1.93. The fraction of sp³-hybridized carbons (Fsp3) is 0.333. The maximum Gasteiger partial charge on any atom is 0.335 e. The van der Waals surface area contributed by atoms with Crippen LogP contribution in [0.4, 0.5) is 4.39 Å². The van der Waals surface area contributed by atoms with Crippen LogP contribution in [0.5, 0.6) is 0 Å². The number of rotatable bonds is 7. The molecule has 8 nitrogen and oxygen atoms in total. The van der Waals surface area contributed by atoms with Gasteiger partial charge in [0.15, 0.2) is 0 Å². The molecule has 1 heterocycles. The summed E-state index contributed by atoms with van der Waals surface area (Å²) in [6.45, 7) is -0.0812. The zero-order valence-corrected chi connectivity index (χ0v) is 13.7. The second-order valence-electron chi connectivity index (χ2n) is 4.73. The summed E-state index contributed by atoms with van der Waals surface area (Å²) in [5, 5.41) is 6.33. The lowest BCUT2D eigenvalue weighted by atomic mass is 10.2. The number of aromatic nitrogens is 2. The Morgan fingerprint density at radius 2 is 1.87 bits per heavy atom. The monoisotopic (exact) mass is 363 g/mol. The van der Waals surface area contributed by atoms with Gasteiger partial charge in [-0.05, 0) is 6.07 Å². The van der Waals surface area contributed by atoms with Gasteiger partial charge in [-0.25, -0.2) is 25.9 Å². The van der Waals surface area contributed by atoms with E-state index in [0.717, 1.165) is 6.26 Å². The number of sulfone groups is 1. The third kappa shape index (κ3) is 5.08. The first-order valence-corrected chi connectivity index (χ1v) is 9.95. The maximum atomic E-state index is 13.4. The van der Waals surface area contributed by atoms with Crippen LogP contribution in [0.25, 0.3) is 0 Å². The standard InChI is InChI=1S/C12H14FN3O5S2/c1-22(17,18)12-16-15-11(21-12)6-7-14-23(19,20)8-9-4-2-3-5-10(9)13/h2-5,14H,6-8H2,1H3. The molecule has 0 spiro atoms. The number of hydrogen-bond acceptors (Lipinski definition) is 7. The Hall–Kier alpha value is -1.85. The summed E-state index contributed by atoms with van der Waals surface area (Å²) < 4.78 is 66.7. The van der Waals surface area contributed by atoms with E-state index >= 15 is 0 Å². The van der Waals surface area contributed by atoms with Crippen LogP contribution >= 0.6 is 0 Å². The van der Waals surface area contributed by atoms with E-state index in [2.05, 4.69) is 14.9 Å². The molecule has 0 amide bonds. The van der Waals surface area contributed by atoms with Gasteiger partial charge in [0.2, 0.25) is 25.8 Å². The predicted octanol–water partition coefficient (Wildman–Crippen LogP) is 0.274. The van der Waals surface area contributed by atoms with Gasteiger partial charge in [-0.3, -0.25) is 0 Å². The van der Waals surface area contributed by atoms with Crippen molar-refractivity contribution in [3.8, 4) is 0 Å². The molecular weight excluding hydrogens is 349 g/mol. The van der Waals surface area contributed by atoms with Crippen LogP contribution in [0.3, 0.4) is 0 Å². The van der Waals surface area contributed by atoms with Gasteiger partial charge in [-0.1, -0.05) is 23.3 Å². The molecule has 0 saturated heterocycles. The van der Waals surface area contributed by atoms with Crippen LogP contribution in [0.2, 0.25) is 0 Å². The number of halogens is 1. The largest absolute Gasteiger partial charge is 0.412 e. The smallest absolute Gasteiger partial charge is 0.335 e. The van der Waals surface area contributed by atoms with Gasteiger partial charge in [-0.2, -0.15) is 0 Å². The molecule has 2 aromatic rings. The summed E-state index contributed by atoms with van der Waals surface area (Å²) in [4.78, 5) is 0. The minimum atomic E-state index is -3.75. The first-order valence-electron chi connectivity index (χ1n) is 6.40. The van der Waals surface area contributed by atoms with Gasteiger partial charge < -0.3 is 4.42 Å². The molecule has 0 saturated carbocycles. The molecule has 0 aliphatic heterocycles. The van der Waals surface area contributed by atoms with Crippen LogP contribution in [-0.4, -0.2) is 39.8 Å². The van der Waals surface area contributed by atoms with Crippen molar-refractivity contribution in [3.63, 3.8) is 0 Å². The number of sulfonamides is 1. The SMILES string of the molecule is CS(=O)(=O)c1nnc(CCNS(=O)(=O)Cc2ccccc2F)o1. The molecule has 1 aromatic carbocycles. The minimum Gasteiger partial charge on any atom is -0.412 e. The molecule has 23 heavy (non-hydrogen) atoms. The van der Waals surface area contributed by atoms with Crippen molar-refractivity contribution in [3.05, 3.63) is 41.5 Å². The zero-order valence-electron chi connectivity index (χ0n) is 12.1. The topological polar surface area (TPSA) is 119 Å². The first-order chi connectivity index (χ1) is 10.7. The molecule has 0 fully saturated rings. The molecule has 11 heteroatoms. The molecule has 0 aliphatic carbocycles. The molecule has 126 valence electrons. The summed E-state index contributed by atoms with van der Waals surface area (Å²) in [6.07, 6.45) is 0.931. The van der Waals surface area contributed by atoms with Gasteiger partial charge in [0.1, 0.15) is 5.82 Å². The average molecular weight is 363 g/mol. The van der Waals surface area contributed by atoms with Crippen LogP contribution in [0.15, 0.2) is 33.9 Å². The van der Waals surface area contributed by atoms with Gasteiger partial charge in [0.05, 0.1) is 5.75 Å². The molecule has 0 aliphatic rings. The van der Waals surface area contributed by atoms with E-state index in [1.807, 2.05) is 0 Å². The summed E-state index contributed by atoms with van der Waals surface area (Å²) in [7, 11) is -7.35. The van der Waals surface area contributed by atoms with E-state index in [-0.39, 0.29) is 24.4 Å². The van der Waals surface area contributed by atoms with E-state index in [9.17, 15) is 21.2 Å². The van der Waals surface area contributed by atoms with Crippen LogP contribution in [0, 0.1) is 5.82 Å². The van der Waals surface area contributed by atoms with Crippen LogP contribution in [-0.2, 0) is 32.0 Å². The van der Waals surface area contributed by atoms with Crippen LogP contribution < -0.4 is 4.72 Å². The first kappa shape index (κ1) is 17.5. The minimum absolute atomic E-state index is 0.0129. The Morgan fingerprint density at radius 1 is 1.17 bits per heavy atom. The van der Waals surface area contributed by atoms with Gasteiger partial charge >= 0.3 is 5.22 Å². The van der Waals surface area contributed by atoms with E-state index in [1.165, 1.54) is 18.2 Å². The Morgan fingerprint density at radius 3 is 2.48 bits per heavy atom. The summed E-state index contributed by atoms with van der Waals surface area (Å²) in [5.41, 5.74) is 0.0529. The van der Waals surface area contributed by atoms with Crippen molar-refractivity contribution in [2.24, 2.45) is 0 Å². The summed E-state index contributed by atoms with van der Waals surface area (Å²) in [5.74, 6) is -1.12. The van der Waals surface area contributed by atoms with E-state index < -0.39 is 36.7 Å². The Bertz CT molecular complexity index is 893. The molecule has 1 aromatic heterocycles. The maximum absolute atomic E-state index is 13.4. The fourth-order valence-corrected chi connectivity index (χ4v) is 3.27. The molecule has 0 atom stereocenters. The van der Waals surface area contributed by atoms with Crippen molar-refractivity contribution in [2.75, 3.05) is 12.8 Å². The van der Waals surface area contributed by atoms with Crippen molar-refractivity contribution < 1.29 is 25.6 Å². The van der Waals surface area contributed by atoms with Gasteiger partial charge in [0, 0.05) is 24.8 Å². The molecule has 0 bridgehead atoms. The van der Waals surface area contributed by atoms with Gasteiger partial charge in [-0.15, -0.1) is 5.10 Å². The number of hydrogen-bond donors (Lipinski definition) is 1. The summed E-state index contributed by atoms with van der Waals surface area (Å²) >= 11 is 0. The Labute approximate surface area is 132 Å². The highest BCUT2D eigenvalue weighted by Crippen LogP contribution is 2.10. The lowest BCUT2D eigenvalue weighted by Gasteiger charge is -2.06. The molecule has 0 radical (unpaired) electrons. The van der Waals surface area contributed by atoms with Crippen molar-refractivity contribution in [1.82, 2.24) is 14.9 Å². The van der Waals surface area contributed by atoms with Crippen molar-refractivity contribution >= 4 is 19.9 Å². The number of nitrogens with zero attached hydrogens (tertiary/aromatic N) is 2. The third-order valence-electron chi connectivity index (χ3n) is 2.73. The highest BCUT2D eigenvalue weighted by molar-refractivity contribution is 7.90. The fourth-order valence-electron chi connectivity index (χ4n) is 1.67. The van der Waals surface area contributed by atoms with Crippen molar-refractivity contribution in [2.45, 2.75) is 17.4 Å². The molecule has 2 rings (SSSR count). The molecule has 1 N–H and O–H groups in total.